The van der Waals surface area contributed by atoms with Crippen LogP contribution in [0.3, 0.4) is 0 Å². The second-order valence-corrected chi connectivity index (χ2v) is 5.79. The summed E-state index contributed by atoms with van der Waals surface area (Å²) < 4.78 is 0. The van der Waals surface area contributed by atoms with Gasteiger partial charge in [-0.3, -0.25) is 4.98 Å². The van der Waals surface area contributed by atoms with Gasteiger partial charge in [0.05, 0.1) is 0 Å². The molecule has 0 atom stereocenters. The number of rotatable bonds is 6. The first-order chi connectivity index (χ1) is 10.1. The number of hydrogen-bond donors (Lipinski definition) is 1. The van der Waals surface area contributed by atoms with Gasteiger partial charge in [-0.25, -0.2) is 9.97 Å². The van der Waals surface area contributed by atoms with Gasteiger partial charge in [-0.05, 0) is 57.0 Å². The van der Waals surface area contributed by atoms with Crippen LogP contribution >= 0.6 is 0 Å². The zero-order valence-electron chi connectivity index (χ0n) is 13.3. The average molecular weight is 284 g/mol. The molecular weight excluding hydrogens is 260 g/mol. The zero-order valence-corrected chi connectivity index (χ0v) is 13.3. The summed E-state index contributed by atoms with van der Waals surface area (Å²) in [6.07, 6.45) is 4.54. The Morgan fingerprint density at radius 2 is 1.86 bits per heavy atom. The molecule has 0 aliphatic heterocycles. The summed E-state index contributed by atoms with van der Waals surface area (Å²) in [5, 5.41) is 3.47. The van der Waals surface area contributed by atoms with E-state index in [0.717, 1.165) is 42.3 Å². The van der Waals surface area contributed by atoms with Crippen molar-refractivity contribution in [3.05, 3.63) is 41.5 Å². The molecule has 0 aliphatic rings. The fourth-order valence-electron chi connectivity index (χ4n) is 2.33. The van der Waals surface area contributed by atoms with Gasteiger partial charge in [0, 0.05) is 29.3 Å². The molecule has 0 unspecified atom stereocenters. The van der Waals surface area contributed by atoms with Crippen LogP contribution in [-0.4, -0.2) is 28.0 Å². The molecular formula is C17H24N4. The van der Waals surface area contributed by atoms with Crippen LogP contribution in [0.25, 0.3) is 11.4 Å². The summed E-state index contributed by atoms with van der Waals surface area (Å²) in [5.41, 5.74) is 4.34. The second kappa shape index (κ2) is 7.27. The Morgan fingerprint density at radius 1 is 1.14 bits per heavy atom. The van der Waals surface area contributed by atoms with Gasteiger partial charge in [0.25, 0.3) is 0 Å². The molecule has 0 saturated heterocycles. The average Bonchev–Trinajstić information content (AvgIpc) is 2.46. The first kappa shape index (κ1) is 15.6. The van der Waals surface area contributed by atoms with Gasteiger partial charge in [0.1, 0.15) is 0 Å². The Hall–Kier alpha value is -1.81. The molecule has 0 aromatic carbocycles. The van der Waals surface area contributed by atoms with Crippen molar-refractivity contribution in [3.63, 3.8) is 0 Å². The normalized spacial score (nSPS) is 11.1. The largest absolute Gasteiger partial charge is 0.316 e. The minimum atomic E-state index is 0.677. The fraction of sp³-hybridized carbons (Fsp3) is 0.471. The molecule has 2 heterocycles. The third kappa shape index (κ3) is 4.33. The molecule has 2 rings (SSSR count). The lowest BCUT2D eigenvalue weighted by atomic mass is 10.1. The maximum Gasteiger partial charge on any atom is 0.161 e. The standard InChI is InChI=1S/C17H24N4/c1-12(2)10-19-9-7-16-13(3)20-17(21-14(16)4)15-6-5-8-18-11-15/h5-6,8,11-12,19H,7,9-10H2,1-4H3. The molecule has 0 saturated carbocycles. The lowest BCUT2D eigenvalue weighted by molar-refractivity contribution is 0.553. The van der Waals surface area contributed by atoms with Crippen LogP contribution in [0.4, 0.5) is 0 Å². The molecule has 2 aromatic rings. The molecule has 112 valence electrons. The molecule has 0 spiro atoms. The Bertz CT molecular complexity index is 556. The summed E-state index contributed by atoms with van der Waals surface area (Å²) in [4.78, 5) is 13.4. The Labute approximate surface area is 127 Å². The van der Waals surface area contributed by atoms with Crippen molar-refractivity contribution in [2.24, 2.45) is 5.92 Å². The van der Waals surface area contributed by atoms with E-state index in [-0.39, 0.29) is 0 Å². The summed E-state index contributed by atoms with van der Waals surface area (Å²) in [5.74, 6) is 1.44. The molecule has 0 amide bonds. The van der Waals surface area contributed by atoms with Crippen molar-refractivity contribution in [2.75, 3.05) is 13.1 Å². The van der Waals surface area contributed by atoms with E-state index in [0.29, 0.717) is 5.92 Å². The lowest BCUT2D eigenvalue weighted by Gasteiger charge is -2.12. The van der Waals surface area contributed by atoms with Crippen LogP contribution in [0.2, 0.25) is 0 Å². The van der Waals surface area contributed by atoms with Crippen molar-refractivity contribution in [1.82, 2.24) is 20.3 Å². The van der Waals surface area contributed by atoms with Gasteiger partial charge in [-0.1, -0.05) is 13.8 Å². The third-order valence-electron chi connectivity index (χ3n) is 3.44. The van der Waals surface area contributed by atoms with Gasteiger partial charge in [0.2, 0.25) is 0 Å². The SMILES string of the molecule is Cc1nc(-c2cccnc2)nc(C)c1CCNCC(C)C. The molecule has 0 aliphatic carbocycles. The number of nitrogens with one attached hydrogen (secondary N) is 1. The maximum atomic E-state index is 4.64. The molecule has 1 N–H and O–H groups in total. The van der Waals surface area contributed by atoms with Gasteiger partial charge in [-0.2, -0.15) is 0 Å². The van der Waals surface area contributed by atoms with Crippen molar-refractivity contribution in [3.8, 4) is 11.4 Å². The Morgan fingerprint density at radius 3 is 2.43 bits per heavy atom. The predicted molar refractivity (Wildman–Crippen MR) is 86.1 cm³/mol. The van der Waals surface area contributed by atoms with Gasteiger partial charge < -0.3 is 5.32 Å². The van der Waals surface area contributed by atoms with Crippen LogP contribution < -0.4 is 5.32 Å². The third-order valence-corrected chi connectivity index (χ3v) is 3.44. The highest BCUT2D eigenvalue weighted by Gasteiger charge is 2.09. The number of pyridine rings is 1. The van der Waals surface area contributed by atoms with E-state index in [1.165, 1.54) is 5.56 Å². The number of hydrogen-bond acceptors (Lipinski definition) is 4. The van der Waals surface area contributed by atoms with Gasteiger partial charge >= 0.3 is 0 Å². The molecule has 0 radical (unpaired) electrons. The molecule has 0 fully saturated rings. The Balaban J connectivity index is 2.11. The van der Waals surface area contributed by atoms with Crippen LogP contribution in [0.15, 0.2) is 24.5 Å². The highest BCUT2D eigenvalue weighted by molar-refractivity contribution is 5.54. The van der Waals surface area contributed by atoms with Crippen LogP contribution in [0.1, 0.15) is 30.8 Å². The number of aromatic nitrogens is 3. The van der Waals surface area contributed by atoms with E-state index in [4.69, 9.17) is 0 Å². The van der Waals surface area contributed by atoms with Gasteiger partial charge in [-0.15, -0.1) is 0 Å². The van der Waals surface area contributed by atoms with Crippen molar-refractivity contribution >= 4 is 0 Å². The first-order valence-electron chi connectivity index (χ1n) is 7.53. The number of aryl methyl sites for hydroxylation is 2. The zero-order chi connectivity index (χ0) is 15.2. The molecule has 4 heteroatoms. The van der Waals surface area contributed by atoms with E-state index in [1.807, 2.05) is 12.1 Å². The van der Waals surface area contributed by atoms with Crippen LogP contribution in [0.5, 0.6) is 0 Å². The topological polar surface area (TPSA) is 50.7 Å². The van der Waals surface area contributed by atoms with Crippen LogP contribution in [0, 0.1) is 19.8 Å². The van der Waals surface area contributed by atoms with Crippen molar-refractivity contribution in [2.45, 2.75) is 34.1 Å². The second-order valence-electron chi connectivity index (χ2n) is 5.79. The maximum absolute atomic E-state index is 4.64. The van der Waals surface area contributed by atoms with E-state index in [1.54, 1.807) is 12.4 Å². The van der Waals surface area contributed by atoms with Crippen molar-refractivity contribution in [1.29, 1.82) is 0 Å². The van der Waals surface area contributed by atoms with E-state index >= 15 is 0 Å². The minimum Gasteiger partial charge on any atom is -0.316 e. The molecule has 4 nitrogen and oxygen atoms in total. The highest BCUT2D eigenvalue weighted by Crippen LogP contribution is 2.18. The summed E-state index contributed by atoms with van der Waals surface area (Å²) in [6.45, 7) is 10.6. The first-order valence-corrected chi connectivity index (χ1v) is 7.53. The smallest absolute Gasteiger partial charge is 0.161 e. The molecule has 0 bridgehead atoms. The highest BCUT2D eigenvalue weighted by atomic mass is 14.9. The summed E-state index contributed by atoms with van der Waals surface area (Å²) in [6, 6.07) is 3.90. The van der Waals surface area contributed by atoms with Crippen molar-refractivity contribution < 1.29 is 0 Å². The van der Waals surface area contributed by atoms with Crippen LogP contribution in [-0.2, 0) is 6.42 Å². The Kier molecular flexibility index (Phi) is 5.39. The quantitative estimate of drug-likeness (QED) is 0.829. The van der Waals surface area contributed by atoms with Gasteiger partial charge in [0.15, 0.2) is 5.82 Å². The monoisotopic (exact) mass is 284 g/mol. The minimum absolute atomic E-state index is 0.677. The predicted octanol–water partition coefficient (Wildman–Crippen LogP) is 2.94. The van der Waals surface area contributed by atoms with E-state index in [2.05, 4.69) is 48.0 Å². The lowest BCUT2D eigenvalue weighted by Crippen LogP contribution is -2.23. The molecule has 2 aromatic heterocycles. The molecule has 21 heavy (non-hydrogen) atoms. The summed E-state index contributed by atoms with van der Waals surface area (Å²) in [7, 11) is 0. The summed E-state index contributed by atoms with van der Waals surface area (Å²) >= 11 is 0. The van der Waals surface area contributed by atoms with E-state index < -0.39 is 0 Å². The number of nitrogens with zero attached hydrogens (tertiary/aromatic N) is 3. The fourth-order valence-corrected chi connectivity index (χ4v) is 2.33. The van der Waals surface area contributed by atoms with E-state index in [9.17, 15) is 0 Å².